The average Bonchev–Trinajstić information content (AvgIpc) is 3.36. The van der Waals surface area contributed by atoms with Crippen LogP contribution in [-0.2, 0) is 22.6 Å². The maximum atomic E-state index is 12.9. The highest BCUT2D eigenvalue weighted by atomic mass is 16.4. The molecular formula is C23H25N3O5. The second-order valence-electron chi connectivity index (χ2n) is 7.87. The van der Waals surface area contributed by atoms with Crippen molar-refractivity contribution in [2.75, 3.05) is 19.6 Å². The Morgan fingerprint density at radius 1 is 1.10 bits per heavy atom. The molecule has 0 aliphatic carbocycles. The van der Waals surface area contributed by atoms with Gasteiger partial charge in [-0.2, -0.15) is 0 Å². The summed E-state index contributed by atoms with van der Waals surface area (Å²) in [4.78, 5) is 38.2. The van der Waals surface area contributed by atoms with Gasteiger partial charge in [0.2, 0.25) is 5.91 Å². The first kappa shape index (κ1) is 20.9. The summed E-state index contributed by atoms with van der Waals surface area (Å²) in [5.74, 6) is -2.00. The van der Waals surface area contributed by atoms with Crippen molar-refractivity contribution in [3.05, 3.63) is 70.2 Å². The van der Waals surface area contributed by atoms with Crippen molar-refractivity contribution in [1.82, 2.24) is 14.8 Å². The maximum Gasteiger partial charge on any atom is 0.420 e. The van der Waals surface area contributed by atoms with Crippen molar-refractivity contribution < 1.29 is 19.1 Å². The molecule has 1 saturated heterocycles. The Kier molecular flexibility index (Phi) is 6.18. The number of carboxylic acid groups (broad SMARTS) is 1. The fourth-order valence-corrected chi connectivity index (χ4v) is 4.08. The Labute approximate surface area is 179 Å². The Bertz CT molecular complexity index is 1130. The van der Waals surface area contributed by atoms with Gasteiger partial charge in [-0.3, -0.25) is 14.2 Å². The van der Waals surface area contributed by atoms with Crippen molar-refractivity contribution in [1.29, 1.82) is 0 Å². The van der Waals surface area contributed by atoms with Crippen molar-refractivity contribution in [3.63, 3.8) is 0 Å². The molecule has 0 bridgehead atoms. The molecule has 0 saturated carbocycles. The van der Waals surface area contributed by atoms with Crippen LogP contribution in [0.15, 0.2) is 57.7 Å². The van der Waals surface area contributed by atoms with Gasteiger partial charge in [0.15, 0.2) is 5.58 Å². The number of carbonyl (C=O) groups excluding carboxylic acids is 1. The second-order valence-corrected chi connectivity index (χ2v) is 7.87. The average molecular weight is 423 g/mol. The Morgan fingerprint density at radius 3 is 2.55 bits per heavy atom. The molecular weight excluding hydrogens is 398 g/mol. The summed E-state index contributed by atoms with van der Waals surface area (Å²) in [5, 5.41) is 12.2. The van der Waals surface area contributed by atoms with Crippen LogP contribution < -0.4 is 11.1 Å². The first-order valence-corrected chi connectivity index (χ1v) is 10.4. The minimum atomic E-state index is -1.14. The van der Waals surface area contributed by atoms with E-state index < -0.39 is 18.3 Å². The number of likely N-dealkylation sites (tertiary alicyclic amines) is 1. The van der Waals surface area contributed by atoms with Gasteiger partial charge < -0.3 is 19.7 Å². The molecule has 2 aromatic carbocycles. The first-order chi connectivity index (χ1) is 15.0. The van der Waals surface area contributed by atoms with Gasteiger partial charge in [-0.15, -0.1) is 0 Å². The molecule has 1 aliphatic rings. The molecule has 3 aromatic rings. The van der Waals surface area contributed by atoms with E-state index in [4.69, 9.17) is 9.52 Å². The molecule has 31 heavy (non-hydrogen) atoms. The fourth-order valence-electron chi connectivity index (χ4n) is 4.08. The highest BCUT2D eigenvalue weighted by molar-refractivity contribution is 5.82. The molecule has 2 heterocycles. The predicted octanol–water partition coefficient (Wildman–Crippen LogP) is 2.17. The molecule has 1 amide bonds. The lowest BCUT2D eigenvalue weighted by atomic mass is 10.1. The predicted molar refractivity (Wildman–Crippen MR) is 115 cm³/mol. The number of carbonyl (C=O) groups is 2. The zero-order valence-electron chi connectivity index (χ0n) is 17.1. The normalized spacial score (nSPS) is 15.2. The quantitative estimate of drug-likeness (QED) is 0.575. The van der Waals surface area contributed by atoms with E-state index in [9.17, 15) is 14.4 Å². The molecule has 1 fully saturated rings. The summed E-state index contributed by atoms with van der Waals surface area (Å²) >= 11 is 0. The molecule has 8 heteroatoms. The molecule has 4 rings (SSSR count). The minimum Gasteiger partial charge on any atom is -0.480 e. The summed E-state index contributed by atoms with van der Waals surface area (Å²) in [6, 6.07) is 14.8. The van der Waals surface area contributed by atoms with Crippen LogP contribution >= 0.6 is 0 Å². The smallest absolute Gasteiger partial charge is 0.420 e. The number of amides is 1. The number of benzene rings is 2. The van der Waals surface area contributed by atoms with Gasteiger partial charge in [0, 0.05) is 6.54 Å². The number of fused-ring (bicyclic) bond motifs is 1. The van der Waals surface area contributed by atoms with Crippen LogP contribution in [0.1, 0.15) is 30.0 Å². The van der Waals surface area contributed by atoms with E-state index >= 15 is 0 Å². The van der Waals surface area contributed by atoms with E-state index in [-0.39, 0.29) is 18.4 Å². The van der Waals surface area contributed by atoms with Gasteiger partial charge in [0.1, 0.15) is 6.54 Å². The third-order valence-electron chi connectivity index (χ3n) is 5.57. The molecule has 2 N–H and O–H groups in total. The number of aromatic nitrogens is 1. The fraction of sp³-hybridized carbons (Fsp3) is 0.348. The molecule has 0 radical (unpaired) electrons. The van der Waals surface area contributed by atoms with E-state index in [2.05, 4.69) is 10.2 Å². The lowest BCUT2D eigenvalue weighted by molar-refractivity contribution is -0.137. The van der Waals surface area contributed by atoms with Crippen LogP contribution in [0.3, 0.4) is 0 Å². The van der Waals surface area contributed by atoms with Gasteiger partial charge in [0.05, 0.1) is 18.0 Å². The number of carboxylic acids is 1. The van der Waals surface area contributed by atoms with Crippen LogP contribution in [0.4, 0.5) is 0 Å². The van der Waals surface area contributed by atoms with Gasteiger partial charge in [-0.25, -0.2) is 4.79 Å². The van der Waals surface area contributed by atoms with Gasteiger partial charge in [-0.05, 0) is 49.2 Å². The third-order valence-corrected chi connectivity index (χ3v) is 5.57. The number of oxazole rings is 1. The third kappa shape index (κ3) is 5.03. The lowest BCUT2D eigenvalue weighted by Crippen LogP contribution is -2.37. The zero-order chi connectivity index (χ0) is 21.8. The van der Waals surface area contributed by atoms with Crippen LogP contribution in [-0.4, -0.2) is 46.1 Å². The Hall–Kier alpha value is -3.39. The Morgan fingerprint density at radius 2 is 1.84 bits per heavy atom. The van der Waals surface area contributed by atoms with E-state index in [1.165, 1.54) is 12.8 Å². The number of hydrogen-bond acceptors (Lipinski definition) is 5. The molecule has 8 nitrogen and oxygen atoms in total. The molecule has 162 valence electrons. The number of nitrogens with zero attached hydrogens (tertiary/aromatic N) is 2. The molecule has 1 aromatic heterocycles. The molecule has 1 aliphatic heterocycles. The topological polar surface area (TPSA) is 105 Å². The minimum absolute atomic E-state index is 0.116. The summed E-state index contributed by atoms with van der Waals surface area (Å²) < 4.78 is 6.15. The Balaban J connectivity index is 1.51. The van der Waals surface area contributed by atoms with E-state index in [1.807, 2.05) is 30.3 Å². The lowest BCUT2D eigenvalue weighted by Gasteiger charge is -2.25. The summed E-state index contributed by atoms with van der Waals surface area (Å²) in [5.41, 5.74) is 2.40. The van der Waals surface area contributed by atoms with Gasteiger partial charge >= 0.3 is 11.7 Å². The van der Waals surface area contributed by atoms with Crippen LogP contribution in [0.25, 0.3) is 11.1 Å². The van der Waals surface area contributed by atoms with Crippen LogP contribution in [0, 0.1) is 0 Å². The molecule has 1 atom stereocenters. The van der Waals surface area contributed by atoms with Crippen molar-refractivity contribution in [3.8, 4) is 0 Å². The highest BCUT2D eigenvalue weighted by Crippen LogP contribution is 2.19. The van der Waals surface area contributed by atoms with Crippen molar-refractivity contribution in [2.45, 2.75) is 31.8 Å². The van der Waals surface area contributed by atoms with Gasteiger partial charge in [-0.1, -0.05) is 36.4 Å². The second kappa shape index (κ2) is 9.18. The monoisotopic (exact) mass is 423 g/mol. The number of hydrogen-bond donors (Lipinski definition) is 2. The SMILES string of the molecule is O=C(O)Cn1c(=O)oc2ccc(CC(=O)NC(CN3CCCC3)c3ccccc3)cc21. The molecule has 0 spiro atoms. The zero-order valence-corrected chi connectivity index (χ0v) is 17.1. The summed E-state index contributed by atoms with van der Waals surface area (Å²) in [7, 11) is 0. The number of rotatable bonds is 8. The standard InChI is InChI=1S/C23H25N3O5/c27-21(24-18(14-25-10-4-5-11-25)17-6-2-1-3-7-17)13-16-8-9-20-19(12-16)26(15-22(28)29)23(30)31-20/h1-3,6-9,12,18H,4-5,10-11,13-15H2,(H,24,27)(H,28,29). The van der Waals surface area contributed by atoms with Gasteiger partial charge in [0.25, 0.3) is 0 Å². The number of aliphatic carboxylic acids is 1. The van der Waals surface area contributed by atoms with E-state index in [0.717, 1.165) is 29.8 Å². The summed E-state index contributed by atoms with van der Waals surface area (Å²) in [6.07, 6.45) is 2.47. The van der Waals surface area contributed by atoms with Crippen molar-refractivity contribution >= 4 is 23.0 Å². The summed E-state index contributed by atoms with van der Waals surface area (Å²) in [6.45, 7) is 2.34. The van der Waals surface area contributed by atoms with Crippen molar-refractivity contribution in [2.24, 2.45) is 0 Å². The van der Waals surface area contributed by atoms with E-state index in [1.54, 1.807) is 18.2 Å². The van der Waals surface area contributed by atoms with Crippen LogP contribution in [0.2, 0.25) is 0 Å². The van der Waals surface area contributed by atoms with Crippen LogP contribution in [0.5, 0.6) is 0 Å². The first-order valence-electron chi connectivity index (χ1n) is 10.4. The van der Waals surface area contributed by atoms with E-state index in [0.29, 0.717) is 16.7 Å². The largest absolute Gasteiger partial charge is 0.480 e. The highest BCUT2D eigenvalue weighted by Gasteiger charge is 2.21. The number of nitrogens with one attached hydrogen (secondary N) is 1. The maximum absolute atomic E-state index is 12.9. The molecule has 1 unspecified atom stereocenters.